The van der Waals surface area contributed by atoms with Crippen LogP contribution in [-0.4, -0.2) is 21.1 Å². The lowest BCUT2D eigenvalue weighted by molar-refractivity contribution is 0.199. The van der Waals surface area contributed by atoms with Crippen LogP contribution in [0.1, 0.15) is 13.3 Å². The average Bonchev–Trinajstić information content (AvgIpc) is 2.38. The Morgan fingerprint density at radius 3 is 2.94 bits per heavy atom. The Bertz CT molecular complexity index is 547. The third kappa shape index (κ3) is 2.38. The molecule has 0 saturated carbocycles. The van der Waals surface area contributed by atoms with E-state index in [1.54, 1.807) is 0 Å². The summed E-state index contributed by atoms with van der Waals surface area (Å²) in [6, 6.07) is 2.07. The Kier molecular flexibility index (Phi) is 3.29. The molecule has 1 aromatic rings. The van der Waals surface area contributed by atoms with Crippen molar-refractivity contribution in [1.82, 2.24) is 4.72 Å². The summed E-state index contributed by atoms with van der Waals surface area (Å²) in [5, 5.41) is -0.243. The van der Waals surface area contributed by atoms with Crippen molar-refractivity contribution < 1.29 is 17.5 Å². The van der Waals surface area contributed by atoms with Crippen LogP contribution in [0.15, 0.2) is 17.0 Å². The van der Waals surface area contributed by atoms with Gasteiger partial charge in [0.2, 0.25) is 10.0 Å². The van der Waals surface area contributed by atoms with Crippen LogP contribution in [0.3, 0.4) is 0 Å². The molecule has 0 radical (unpaired) electrons. The van der Waals surface area contributed by atoms with Crippen LogP contribution >= 0.6 is 11.6 Å². The lowest BCUT2D eigenvalue weighted by atomic mass is 10.2. The standard InChI is InChI=1S/C10H11ClFNO3S/c1-2-6-5-13-17(14,15)10-3-7(11)8(12)4-9(10)16-6/h3-4,6,13H,2,5H2,1H3/t6-/m1/s1. The zero-order valence-electron chi connectivity index (χ0n) is 9.04. The normalized spacial score (nSPS) is 22.4. The van der Waals surface area contributed by atoms with Gasteiger partial charge in [-0.05, 0) is 12.5 Å². The zero-order valence-corrected chi connectivity index (χ0v) is 10.6. The second-order valence-electron chi connectivity index (χ2n) is 3.71. The summed E-state index contributed by atoms with van der Waals surface area (Å²) in [7, 11) is -3.69. The van der Waals surface area contributed by atoms with E-state index in [-0.39, 0.29) is 28.3 Å². The molecule has 94 valence electrons. The number of benzene rings is 1. The molecule has 1 aliphatic rings. The van der Waals surface area contributed by atoms with Gasteiger partial charge in [0.1, 0.15) is 22.6 Å². The number of nitrogens with one attached hydrogen (secondary N) is 1. The summed E-state index contributed by atoms with van der Waals surface area (Å²) in [5.74, 6) is -0.693. The van der Waals surface area contributed by atoms with Gasteiger partial charge in [-0.2, -0.15) is 0 Å². The summed E-state index contributed by atoms with van der Waals surface area (Å²) in [6.07, 6.45) is 0.304. The topological polar surface area (TPSA) is 55.4 Å². The molecule has 0 fully saturated rings. The lowest BCUT2D eigenvalue weighted by Crippen LogP contribution is -2.31. The Hall–Kier alpha value is -0.850. The maximum Gasteiger partial charge on any atom is 0.244 e. The van der Waals surface area contributed by atoms with Crippen LogP contribution in [0.25, 0.3) is 0 Å². The van der Waals surface area contributed by atoms with Crippen molar-refractivity contribution in [2.75, 3.05) is 6.54 Å². The molecule has 0 spiro atoms. The van der Waals surface area contributed by atoms with Crippen LogP contribution in [0.5, 0.6) is 5.75 Å². The first-order chi connectivity index (χ1) is 7.94. The monoisotopic (exact) mass is 279 g/mol. The maximum atomic E-state index is 13.3. The molecular formula is C10H11ClFNO3S. The van der Waals surface area contributed by atoms with Gasteiger partial charge in [-0.1, -0.05) is 18.5 Å². The summed E-state index contributed by atoms with van der Waals surface area (Å²) in [4.78, 5) is -0.125. The van der Waals surface area contributed by atoms with Gasteiger partial charge in [0.15, 0.2) is 0 Å². The van der Waals surface area contributed by atoms with E-state index in [0.29, 0.717) is 6.42 Å². The first-order valence-electron chi connectivity index (χ1n) is 5.09. The number of sulfonamides is 1. The molecule has 0 saturated heterocycles. The molecule has 1 atom stereocenters. The third-order valence-corrected chi connectivity index (χ3v) is 4.26. The molecule has 1 heterocycles. The molecule has 7 heteroatoms. The molecule has 0 unspecified atom stereocenters. The van der Waals surface area contributed by atoms with E-state index in [1.807, 2.05) is 6.92 Å². The van der Waals surface area contributed by atoms with E-state index in [2.05, 4.69) is 4.72 Å². The van der Waals surface area contributed by atoms with Gasteiger partial charge in [-0.3, -0.25) is 0 Å². The van der Waals surface area contributed by atoms with Crippen molar-refractivity contribution in [2.24, 2.45) is 0 Å². The highest BCUT2D eigenvalue weighted by atomic mass is 35.5. The first kappa shape index (κ1) is 12.6. The molecule has 0 aliphatic carbocycles. The van der Waals surface area contributed by atoms with E-state index in [4.69, 9.17) is 16.3 Å². The SMILES string of the molecule is CC[C@@H]1CNS(=O)(=O)c2cc(Cl)c(F)cc2O1. The fourth-order valence-electron chi connectivity index (χ4n) is 1.54. The van der Waals surface area contributed by atoms with Crippen LogP contribution in [0, 0.1) is 5.82 Å². The van der Waals surface area contributed by atoms with Crippen molar-refractivity contribution in [2.45, 2.75) is 24.3 Å². The van der Waals surface area contributed by atoms with Crippen molar-refractivity contribution >= 4 is 21.6 Å². The quantitative estimate of drug-likeness (QED) is 0.855. The summed E-state index contributed by atoms with van der Waals surface area (Å²) < 4.78 is 44.8. The van der Waals surface area contributed by atoms with E-state index in [9.17, 15) is 12.8 Å². The van der Waals surface area contributed by atoms with Crippen molar-refractivity contribution in [1.29, 1.82) is 0 Å². The van der Waals surface area contributed by atoms with Crippen LogP contribution in [-0.2, 0) is 10.0 Å². The molecule has 0 amide bonds. The van der Waals surface area contributed by atoms with Crippen molar-refractivity contribution in [3.05, 3.63) is 23.0 Å². The van der Waals surface area contributed by atoms with Crippen LogP contribution in [0.2, 0.25) is 5.02 Å². The number of hydrogen-bond donors (Lipinski definition) is 1. The average molecular weight is 280 g/mol. The zero-order chi connectivity index (χ0) is 12.6. The van der Waals surface area contributed by atoms with Crippen molar-refractivity contribution in [3.8, 4) is 5.75 Å². The Labute approximate surface area is 104 Å². The molecule has 1 aromatic carbocycles. The van der Waals surface area contributed by atoms with E-state index in [1.165, 1.54) is 0 Å². The fraction of sp³-hybridized carbons (Fsp3) is 0.400. The largest absolute Gasteiger partial charge is 0.488 e. The van der Waals surface area contributed by atoms with Gasteiger partial charge in [0.25, 0.3) is 0 Å². The lowest BCUT2D eigenvalue weighted by Gasteiger charge is -2.14. The summed E-state index contributed by atoms with van der Waals surface area (Å²) in [5.41, 5.74) is 0. The molecule has 2 rings (SSSR count). The van der Waals surface area contributed by atoms with Gasteiger partial charge in [0, 0.05) is 12.6 Å². The molecule has 1 aliphatic heterocycles. The van der Waals surface area contributed by atoms with Gasteiger partial charge < -0.3 is 4.74 Å². The minimum atomic E-state index is -3.69. The number of halogens is 2. The number of ether oxygens (including phenoxy) is 1. The Morgan fingerprint density at radius 2 is 2.29 bits per heavy atom. The maximum absolute atomic E-state index is 13.3. The molecule has 1 N–H and O–H groups in total. The second kappa shape index (κ2) is 4.44. The van der Waals surface area contributed by atoms with Gasteiger partial charge in [0.05, 0.1) is 5.02 Å². The third-order valence-electron chi connectivity index (χ3n) is 2.53. The van der Waals surface area contributed by atoms with Gasteiger partial charge in [-0.25, -0.2) is 17.5 Å². The predicted octanol–water partition coefficient (Wildman–Crippen LogP) is 1.93. The Morgan fingerprint density at radius 1 is 1.59 bits per heavy atom. The highest BCUT2D eigenvalue weighted by molar-refractivity contribution is 7.89. The molecule has 0 bridgehead atoms. The highest BCUT2D eigenvalue weighted by Gasteiger charge is 2.28. The number of hydrogen-bond acceptors (Lipinski definition) is 3. The van der Waals surface area contributed by atoms with E-state index >= 15 is 0 Å². The van der Waals surface area contributed by atoms with E-state index < -0.39 is 15.8 Å². The fourth-order valence-corrected chi connectivity index (χ4v) is 2.98. The molecule has 17 heavy (non-hydrogen) atoms. The minimum Gasteiger partial charge on any atom is -0.488 e. The van der Waals surface area contributed by atoms with E-state index in [0.717, 1.165) is 12.1 Å². The first-order valence-corrected chi connectivity index (χ1v) is 6.95. The Balaban J connectivity index is 2.59. The predicted molar refractivity (Wildman–Crippen MR) is 61.3 cm³/mol. The highest BCUT2D eigenvalue weighted by Crippen LogP contribution is 2.32. The molecular weight excluding hydrogens is 269 g/mol. The number of rotatable bonds is 1. The smallest absolute Gasteiger partial charge is 0.244 e. The van der Waals surface area contributed by atoms with Gasteiger partial charge in [-0.15, -0.1) is 0 Å². The summed E-state index contributed by atoms with van der Waals surface area (Å²) in [6.45, 7) is 2.02. The molecule has 0 aromatic heterocycles. The minimum absolute atomic E-state index is 0.00347. The number of fused-ring (bicyclic) bond motifs is 1. The van der Waals surface area contributed by atoms with Crippen LogP contribution < -0.4 is 9.46 Å². The molecule has 4 nitrogen and oxygen atoms in total. The second-order valence-corrected chi connectivity index (χ2v) is 5.86. The van der Waals surface area contributed by atoms with Gasteiger partial charge >= 0.3 is 0 Å². The summed E-state index contributed by atoms with van der Waals surface area (Å²) >= 11 is 5.57. The van der Waals surface area contributed by atoms with Crippen molar-refractivity contribution in [3.63, 3.8) is 0 Å². The van der Waals surface area contributed by atoms with Crippen LogP contribution in [0.4, 0.5) is 4.39 Å².